The van der Waals surface area contributed by atoms with Crippen LogP contribution in [-0.4, -0.2) is 11.0 Å². The maximum Gasteiger partial charge on any atom is 0.325 e. The van der Waals surface area contributed by atoms with Gasteiger partial charge in [-0.25, -0.2) is 18.6 Å². The number of anilines is 2. The van der Waals surface area contributed by atoms with Crippen LogP contribution in [0.2, 0.25) is 0 Å². The largest absolute Gasteiger partial charge is 0.325 e. The fourth-order valence-electron chi connectivity index (χ4n) is 1.77. The molecule has 7 heteroatoms. The Morgan fingerprint density at radius 3 is 2.71 bits per heavy atom. The number of para-hydroxylation sites is 1. The smallest absolute Gasteiger partial charge is 0.305 e. The van der Waals surface area contributed by atoms with Gasteiger partial charge in [0.2, 0.25) is 0 Å². The van der Waals surface area contributed by atoms with E-state index in [1.54, 1.807) is 6.07 Å². The van der Waals surface area contributed by atoms with E-state index in [-0.39, 0.29) is 11.5 Å². The number of rotatable bonds is 2. The lowest BCUT2D eigenvalue weighted by Gasteiger charge is -2.05. The highest BCUT2D eigenvalue weighted by atomic mass is 32.1. The summed E-state index contributed by atoms with van der Waals surface area (Å²) in [6.45, 7) is 0. The van der Waals surface area contributed by atoms with Crippen molar-refractivity contribution in [3.8, 4) is 0 Å². The molecule has 0 bridgehead atoms. The van der Waals surface area contributed by atoms with Crippen LogP contribution in [0.4, 0.5) is 24.4 Å². The Morgan fingerprint density at radius 1 is 1.10 bits per heavy atom. The molecule has 0 aliphatic rings. The van der Waals surface area contributed by atoms with E-state index in [2.05, 4.69) is 15.6 Å². The zero-order valence-corrected chi connectivity index (χ0v) is 11.4. The van der Waals surface area contributed by atoms with Gasteiger partial charge >= 0.3 is 6.03 Å². The minimum atomic E-state index is -0.611. The van der Waals surface area contributed by atoms with Gasteiger partial charge in [0.1, 0.15) is 11.6 Å². The molecule has 0 saturated heterocycles. The molecule has 0 spiro atoms. The van der Waals surface area contributed by atoms with Crippen molar-refractivity contribution in [2.24, 2.45) is 0 Å². The van der Waals surface area contributed by atoms with E-state index >= 15 is 0 Å². The number of urea groups is 1. The molecule has 1 heterocycles. The summed E-state index contributed by atoms with van der Waals surface area (Å²) in [4.78, 5) is 15.9. The van der Waals surface area contributed by atoms with Gasteiger partial charge in [0.25, 0.3) is 0 Å². The Kier molecular flexibility index (Phi) is 3.49. The average molecular weight is 305 g/mol. The molecule has 3 rings (SSSR count). The van der Waals surface area contributed by atoms with E-state index in [9.17, 15) is 13.6 Å². The molecule has 0 fully saturated rings. The molecular formula is C14H9F2N3OS. The molecule has 0 radical (unpaired) electrons. The van der Waals surface area contributed by atoms with Crippen molar-refractivity contribution < 1.29 is 13.6 Å². The number of aromatic nitrogens is 1. The molecule has 1 aromatic heterocycles. The molecular weight excluding hydrogens is 296 g/mol. The zero-order valence-electron chi connectivity index (χ0n) is 10.6. The van der Waals surface area contributed by atoms with Crippen molar-refractivity contribution in [1.82, 2.24) is 4.98 Å². The number of hydrogen-bond donors (Lipinski definition) is 2. The third-order valence-corrected chi connectivity index (χ3v) is 3.63. The Balaban J connectivity index is 1.75. The summed E-state index contributed by atoms with van der Waals surface area (Å²) >= 11 is 1.14. The fraction of sp³-hybridized carbons (Fsp3) is 0. The van der Waals surface area contributed by atoms with Gasteiger partial charge in [-0.05, 0) is 30.3 Å². The summed E-state index contributed by atoms with van der Waals surface area (Å²) in [5, 5.41) is 5.19. The highest BCUT2D eigenvalue weighted by Gasteiger charge is 2.10. The van der Waals surface area contributed by atoms with Gasteiger partial charge in [0.05, 0.1) is 15.9 Å². The molecule has 106 valence electrons. The number of thiazole rings is 1. The number of fused-ring (bicyclic) bond motifs is 1. The van der Waals surface area contributed by atoms with Crippen LogP contribution in [0.1, 0.15) is 0 Å². The van der Waals surface area contributed by atoms with Crippen molar-refractivity contribution in [2.75, 3.05) is 10.6 Å². The molecule has 2 aromatic carbocycles. The van der Waals surface area contributed by atoms with E-state index in [1.165, 1.54) is 36.4 Å². The third kappa shape index (κ3) is 2.97. The van der Waals surface area contributed by atoms with Crippen LogP contribution in [-0.2, 0) is 0 Å². The third-order valence-electron chi connectivity index (χ3n) is 2.69. The van der Waals surface area contributed by atoms with E-state index in [0.29, 0.717) is 15.3 Å². The van der Waals surface area contributed by atoms with Crippen LogP contribution in [0.25, 0.3) is 10.2 Å². The number of nitrogens with zero attached hydrogens (tertiary/aromatic N) is 1. The maximum atomic E-state index is 13.4. The van der Waals surface area contributed by atoms with Crippen molar-refractivity contribution in [1.29, 1.82) is 0 Å². The van der Waals surface area contributed by atoms with Crippen LogP contribution >= 0.6 is 11.3 Å². The number of hydrogen-bond acceptors (Lipinski definition) is 3. The highest BCUT2D eigenvalue weighted by Crippen LogP contribution is 2.26. The van der Waals surface area contributed by atoms with Gasteiger partial charge in [-0.2, -0.15) is 0 Å². The topological polar surface area (TPSA) is 54.0 Å². The molecule has 0 unspecified atom stereocenters. The number of carbonyl (C=O) groups excluding carboxylic acids is 1. The van der Waals surface area contributed by atoms with Crippen LogP contribution in [0.15, 0.2) is 42.5 Å². The number of benzene rings is 2. The lowest BCUT2D eigenvalue weighted by molar-refractivity contribution is 0.262. The number of nitrogens with one attached hydrogen (secondary N) is 2. The summed E-state index contributed by atoms with van der Waals surface area (Å²) in [5.74, 6) is -0.896. The highest BCUT2D eigenvalue weighted by molar-refractivity contribution is 7.22. The molecule has 4 nitrogen and oxygen atoms in total. The standard InChI is InChI=1S/C14H9F2N3OS/c15-8-5-6-11-12(7-8)21-14(18-11)19-13(20)17-10-4-2-1-3-9(10)16/h1-7H,(H2,17,18,19,20). The second kappa shape index (κ2) is 5.45. The quantitative estimate of drug-likeness (QED) is 0.745. The van der Waals surface area contributed by atoms with Gasteiger partial charge in [-0.1, -0.05) is 23.5 Å². The molecule has 0 aliphatic carbocycles. The van der Waals surface area contributed by atoms with E-state index in [0.717, 1.165) is 11.3 Å². The Bertz CT molecular complexity index is 819. The summed E-state index contributed by atoms with van der Waals surface area (Å²) < 4.78 is 27.1. The van der Waals surface area contributed by atoms with Crippen molar-refractivity contribution in [3.63, 3.8) is 0 Å². The molecule has 2 amide bonds. The lowest BCUT2D eigenvalue weighted by atomic mass is 10.3. The SMILES string of the molecule is O=C(Nc1nc2ccc(F)cc2s1)Nc1ccccc1F. The number of halogens is 2. The van der Waals surface area contributed by atoms with Crippen LogP contribution in [0.5, 0.6) is 0 Å². The molecule has 0 saturated carbocycles. The first-order valence-electron chi connectivity index (χ1n) is 6.00. The predicted molar refractivity (Wildman–Crippen MR) is 78.6 cm³/mol. The summed E-state index contributed by atoms with van der Waals surface area (Å²) in [7, 11) is 0. The molecule has 3 aromatic rings. The normalized spacial score (nSPS) is 10.6. The minimum absolute atomic E-state index is 0.0714. The van der Waals surface area contributed by atoms with Crippen molar-refractivity contribution >= 4 is 38.4 Å². The lowest BCUT2D eigenvalue weighted by Crippen LogP contribution is -2.19. The van der Waals surface area contributed by atoms with Crippen molar-refractivity contribution in [2.45, 2.75) is 0 Å². The van der Waals surface area contributed by atoms with Gasteiger partial charge < -0.3 is 5.32 Å². The van der Waals surface area contributed by atoms with Crippen LogP contribution in [0.3, 0.4) is 0 Å². The Hall–Kier alpha value is -2.54. The van der Waals surface area contributed by atoms with Crippen LogP contribution in [0, 0.1) is 11.6 Å². The number of carbonyl (C=O) groups is 1. The summed E-state index contributed by atoms with van der Waals surface area (Å²) in [6.07, 6.45) is 0. The first kappa shape index (κ1) is 13.4. The molecule has 21 heavy (non-hydrogen) atoms. The fourth-order valence-corrected chi connectivity index (χ4v) is 2.65. The molecule has 2 N–H and O–H groups in total. The maximum absolute atomic E-state index is 13.4. The van der Waals surface area contributed by atoms with Crippen LogP contribution < -0.4 is 10.6 Å². The second-order valence-corrected chi connectivity index (χ2v) is 5.22. The van der Waals surface area contributed by atoms with Gasteiger partial charge in [0.15, 0.2) is 5.13 Å². The zero-order chi connectivity index (χ0) is 14.8. The van der Waals surface area contributed by atoms with E-state index < -0.39 is 11.8 Å². The summed E-state index contributed by atoms with van der Waals surface area (Å²) in [6, 6.07) is 9.39. The van der Waals surface area contributed by atoms with E-state index in [4.69, 9.17) is 0 Å². The monoisotopic (exact) mass is 305 g/mol. The van der Waals surface area contributed by atoms with E-state index in [1.807, 2.05) is 0 Å². The van der Waals surface area contributed by atoms with Gasteiger partial charge in [-0.3, -0.25) is 5.32 Å². The Labute approximate surface area is 122 Å². The minimum Gasteiger partial charge on any atom is -0.305 e. The first-order valence-corrected chi connectivity index (χ1v) is 6.82. The van der Waals surface area contributed by atoms with Crippen molar-refractivity contribution in [3.05, 3.63) is 54.1 Å². The molecule has 0 aliphatic heterocycles. The van der Waals surface area contributed by atoms with Gasteiger partial charge in [0, 0.05) is 0 Å². The first-order chi connectivity index (χ1) is 10.1. The predicted octanol–water partition coefficient (Wildman–Crippen LogP) is 4.22. The average Bonchev–Trinajstić information content (AvgIpc) is 2.82. The summed E-state index contributed by atoms with van der Waals surface area (Å²) in [5.41, 5.74) is 0.657. The van der Waals surface area contributed by atoms with Gasteiger partial charge in [-0.15, -0.1) is 0 Å². The molecule has 0 atom stereocenters. The Morgan fingerprint density at radius 2 is 1.90 bits per heavy atom. The second-order valence-electron chi connectivity index (χ2n) is 4.19. The number of amides is 2.